The molecule has 0 radical (unpaired) electrons. The minimum atomic E-state index is 0.156. The largest absolute Gasteiger partial charge is 0.508 e. The standard InChI is InChI=1S/C30H50O7/c1-30-11-5-3-4-7-25(23-26-9-10-27(31)24-29(26)30)28(30)8-6-12-33-15-16-35-19-20-37-22-21-36-18-17-34-14-13-32-2/h9-10,24-25,28,31H,3-8,11-23H2,1-2H3/t25-,28-,30-/m0/s1. The smallest absolute Gasteiger partial charge is 0.115 e. The molecule has 2 aliphatic carbocycles. The highest BCUT2D eigenvalue weighted by Gasteiger charge is 2.45. The molecule has 0 unspecified atom stereocenters. The number of aromatic hydroxyl groups is 1. The third kappa shape index (κ3) is 10.1. The van der Waals surface area contributed by atoms with Crippen LogP contribution in [-0.4, -0.2) is 84.9 Å². The highest BCUT2D eigenvalue weighted by molar-refractivity contribution is 5.43. The Balaban J connectivity index is 1.22. The Morgan fingerprint density at radius 1 is 0.784 bits per heavy atom. The van der Waals surface area contributed by atoms with Crippen LogP contribution < -0.4 is 0 Å². The molecule has 0 saturated heterocycles. The number of phenolic OH excluding ortho intramolecular Hbond substituents is 1. The molecule has 212 valence electrons. The molecule has 1 N–H and O–H groups in total. The van der Waals surface area contributed by atoms with Gasteiger partial charge in [-0.15, -0.1) is 0 Å². The molecule has 7 nitrogen and oxygen atoms in total. The second-order valence-electron chi connectivity index (χ2n) is 10.6. The molecule has 2 aliphatic rings. The van der Waals surface area contributed by atoms with Gasteiger partial charge in [0, 0.05) is 13.7 Å². The van der Waals surface area contributed by atoms with Gasteiger partial charge in [0.25, 0.3) is 0 Å². The molecular weight excluding hydrogens is 472 g/mol. The molecule has 1 aromatic carbocycles. The normalized spacial score (nSPS) is 23.4. The van der Waals surface area contributed by atoms with Crippen molar-refractivity contribution in [1.82, 2.24) is 0 Å². The first kappa shape index (κ1) is 30.3. The molecule has 0 aromatic heterocycles. The third-order valence-corrected chi connectivity index (χ3v) is 8.07. The molecular formula is C30H50O7. The zero-order valence-corrected chi connectivity index (χ0v) is 23.2. The molecule has 1 aromatic rings. The van der Waals surface area contributed by atoms with Crippen molar-refractivity contribution in [3.63, 3.8) is 0 Å². The first-order valence-corrected chi connectivity index (χ1v) is 14.3. The van der Waals surface area contributed by atoms with E-state index in [-0.39, 0.29) is 5.41 Å². The van der Waals surface area contributed by atoms with E-state index in [9.17, 15) is 5.11 Å². The minimum Gasteiger partial charge on any atom is -0.508 e. The van der Waals surface area contributed by atoms with Gasteiger partial charge in [-0.3, -0.25) is 0 Å². The summed E-state index contributed by atoms with van der Waals surface area (Å²) in [5.74, 6) is 1.80. The lowest BCUT2D eigenvalue weighted by Gasteiger charge is -2.49. The molecule has 37 heavy (non-hydrogen) atoms. The number of ether oxygens (including phenoxy) is 6. The van der Waals surface area contributed by atoms with Gasteiger partial charge < -0.3 is 33.5 Å². The molecule has 0 spiro atoms. The second-order valence-corrected chi connectivity index (χ2v) is 10.6. The van der Waals surface area contributed by atoms with Crippen molar-refractivity contribution >= 4 is 0 Å². The minimum absolute atomic E-state index is 0.156. The second kappa shape index (κ2) is 17.4. The molecule has 7 heteroatoms. The van der Waals surface area contributed by atoms with Gasteiger partial charge in [0.1, 0.15) is 5.75 Å². The summed E-state index contributed by atoms with van der Waals surface area (Å²) in [7, 11) is 1.66. The first-order chi connectivity index (χ1) is 18.1. The number of benzene rings is 1. The van der Waals surface area contributed by atoms with Crippen LogP contribution in [0.5, 0.6) is 5.75 Å². The fraction of sp³-hybridized carbons (Fsp3) is 0.800. The molecule has 1 fully saturated rings. The number of fused-ring (bicyclic) bond motifs is 4. The van der Waals surface area contributed by atoms with Crippen molar-refractivity contribution in [1.29, 1.82) is 0 Å². The summed E-state index contributed by atoms with van der Waals surface area (Å²) in [6, 6.07) is 6.08. The Kier molecular flexibility index (Phi) is 14.2. The van der Waals surface area contributed by atoms with Crippen molar-refractivity contribution in [2.45, 2.75) is 63.7 Å². The van der Waals surface area contributed by atoms with E-state index in [2.05, 4.69) is 13.0 Å². The predicted molar refractivity (Wildman–Crippen MR) is 144 cm³/mol. The number of methoxy groups -OCH3 is 1. The lowest BCUT2D eigenvalue weighted by Crippen LogP contribution is -2.43. The summed E-state index contributed by atoms with van der Waals surface area (Å²) in [5.41, 5.74) is 3.01. The van der Waals surface area contributed by atoms with Crippen molar-refractivity contribution in [2.75, 3.05) is 79.8 Å². The molecule has 0 amide bonds. The Hall–Kier alpha value is -1.22. The number of rotatable bonds is 19. The topological polar surface area (TPSA) is 75.6 Å². The quantitative estimate of drug-likeness (QED) is 0.259. The molecule has 3 atom stereocenters. The van der Waals surface area contributed by atoms with Crippen LogP contribution in [0.3, 0.4) is 0 Å². The fourth-order valence-corrected chi connectivity index (χ4v) is 6.20. The van der Waals surface area contributed by atoms with Gasteiger partial charge in [-0.25, -0.2) is 0 Å². The molecule has 1 saturated carbocycles. The zero-order chi connectivity index (χ0) is 26.2. The van der Waals surface area contributed by atoms with E-state index in [0.29, 0.717) is 77.7 Å². The van der Waals surface area contributed by atoms with Crippen LogP contribution >= 0.6 is 0 Å². The fourth-order valence-electron chi connectivity index (χ4n) is 6.20. The molecule has 0 heterocycles. The van der Waals surface area contributed by atoms with Crippen LogP contribution in [0.25, 0.3) is 0 Å². The maximum Gasteiger partial charge on any atom is 0.115 e. The van der Waals surface area contributed by atoms with E-state index in [1.165, 1.54) is 49.7 Å². The molecule has 2 bridgehead atoms. The summed E-state index contributed by atoms with van der Waals surface area (Å²) in [5, 5.41) is 10.2. The van der Waals surface area contributed by atoms with Gasteiger partial charge in [0.15, 0.2) is 0 Å². The van der Waals surface area contributed by atoms with Crippen LogP contribution in [0.15, 0.2) is 18.2 Å². The van der Waals surface area contributed by atoms with Gasteiger partial charge in [0.05, 0.1) is 66.1 Å². The zero-order valence-electron chi connectivity index (χ0n) is 23.2. The average molecular weight is 523 g/mol. The monoisotopic (exact) mass is 522 g/mol. The highest BCUT2D eigenvalue weighted by Crippen LogP contribution is 2.52. The lowest BCUT2D eigenvalue weighted by molar-refractivity contribution is -0.0152. The average Bonchev–Trinajstić information content (AvgIpc) is 2.89. The van der Waals surface area contributed by atoms with Crippen LogP contribution in [0.2, 0.25) is 0 Å². The van der Waals surface area contributed by atoms with Crippen molar-refractivity contribution in [2.24, 2.45) is 11.8 Å². The highest BCUT2D eigenvalue weighted by atomic mass is 16.6. The number of hydrogen-bond acceptors (Lipinski definition) is 7. The Labute approximate surface area is 224 Å². The summed E-state index contributed by atoms with van der Waals surface area (Å²) >= 11 is 0. The van der Waals surface area contributed by atoms with Gasteiger partial charge in [0.2, 0.25) is 0 Å². The SMILES string of the molecule is COCCOCCOCCOCCOCCOCCC[C@H]1[C@H]2CCCCC[C@]1(C)c1cc(O)ccc1C2. The van der Waals surface area contributed by atoms with Gasteiger partial charge in [-0.05, 0) is 72.6 Å². The Morgan fingerprint density at radius 3 is 2.00 bits per heavy atom. The van der Waals surface area contributed by atoms with Gasteiger partial charge >= 0.3 is 0 Å². The van der Waals surface area contributed by atoms with E-state index in [1.807, 2.05) is 12.1 Å². The molecule has 0 aliphatic heterocycles. The van der Waals surface area contributed by atoms with E-state index >= 15 is 0 Å². The number of phenols is 1. The summed E-state index contributed by atoms with van der Waals surface area (Å²) in [4.78, 5) is 0. The van der Waals surface area contributed by atoms with Crippen LogP contribution in [0.1, 0.15) is 63.0 Å². The van der Waals surface area contributed by atoms with Crippen LogP contribution in [-0.2, 0) is 40.3 Å². The maximum absolute atomic E-state index is 10.2. The van der Waals surface area contributed by atoms with Crippen molar-refractivity contribution in [3.05, 3.63) is 29.3 Å². The lowest BCUT2D eigenvalue weighted by atomic mass is 9.55. The predicted octanol–water partition coefficient (Wildman–Crippen LogP) is 4.91. The molecule has 3 rings (SSSR count). The summed E-state index contributed by atoms with van der Waals surface area (Å²) < 4.78 is 32.7. The van der Waals surface area contributed by atoms with Crippen LogP contribution in [0, 0.1) is 11.8 Å². The summed E-state index contributed by atoms with van der Waals surface area (Å²) in [6.45, 7) is 9.04. The maximum atomic E-state index is 10.2. The number of hydrogen-bond donors (Lipinski definition) is 1. The summed E-state index contributed by atoms with van der Waals surface area (Å²) in [6.07, 6.45) is 9.92. The Morgan fingerprint density at radius 2 is 1.38 bits per heavy atom. The first-order valence-electron chi connectivity index (χ1n) is 14.3. The third-order valence-electron chi connectivity index (χ3n) is 8.07. The van der Waals surface area contributed by atoms with Crippen LogP contribution in [0.4, 0.5) is 0 Å². The van der Waals surface area contributed by atoms with Gasteiger partial charge in [-0.1, -0.05) is 32.3 Å². The van der Waals surface area contributed by atoms with E-state index in [0.717, 1.165) is 25.4 Å². The van der Waals surface area contributed by atoms with E-state index < -0.39 is 0 Å². The van der Waals surface area contributed by atoms with E-state index in [1.54, 1.807) is 7.11 Å². The van der Waals surface area contributed by atoms with Crippen molar-refractivity contribution in [3.8, 4) is 5.75 Å². The van der Waals surface area contributed by atoms with Gasteiger partial charge in [-0.2, -0.15) is 0 Å². The van der Waals surface area contributed by atoms with E-state index in [4.69, 9.17) is 28.4 Å². The van der Waals surface area contributed by atoms with Crippen molar-refractivity contribution < 1.29 is 33.5 Å². The Bertz CT molecular complexity index is 743.